The van der Waals surface area contributed by atoms with Gasteiger partial charge in [-0.1, -0.05) is 13.3 Å². The van der Waals surface area contributed by atoms with Gasteiger partial charge in [-0.15, -0.1) is 0 Å². The molecule has 1 fully saturated rings. The number of aryl methyl sites for hydroxylation is 1. The van der Waals surface area contributed by atoms with Crippen LogP contribution in [0.25, 0.3) is 0 Å². The van der Waals surface area contributed by atoms with Gasteiger partial charge in [0.15, 0.2) is 0 Å². The molecule has 0 aromatic carbocycles. The summed E-state index contributed by atoms with van der Waals surface area (Å²) in [5.41, 5.74) is 1.45. The van der Waals surface area contributed by atoms with Gasteiger partial charge in [0, 0.05) is 18.8 Å². The highest BCUT2D eigenvalue weighted by molar-refractivity contribution is 5.92. The molecule has 1 aromatic rings. The monoisotopic (exact) mass is 237 g/mol. The highest BCUT2D eigenvalue weighted by Crippen LogP contribution is 2.13. The van der Waals surface area contributed by atoms with Crippen LogP contribution < -0.4 is 0 Å². The zero-order valence-electron chi connectivity index (χ0n) is 10.1. The number of rotatable bonds is 3. The van der Waals surface area contributed by atoms with E-state index in [9.17, 15) is 9.90 Å². The van der Waals surface area contributed by atoms with E-state index >= 15 is 0 Å². The summed E-state index contributed by atoms with van der Waals surface area (Å²) in [5.74, 6) is -0.0812. The molecule has 1 atom stereocenters. The van der Waals surface area contributed by atoms with Gasteiger partial charge in [-0.05, 0) is 25.3 Å². The van der Waals surface area contributed by atoms with Crippen LogP contribution in [0.15, 0.2) is 6.07 Å². The summed E-state index contributed by atoms with van der Waals surface area (Å²) in [6.07, 6.45) is 3.19. The van der Waals surface area contributed by atoms with E-state index in [4.69, 9.17) is 0 Å². The fraction of sp³-hybridized carbons (Fsp3) is 0.667. The van der Waals surface area contributed by atoms with Gasteiger partial charge in [0.1, 0.15) is 5.69 Å². The lowest BCUT2D eigenvalue weighted by Gasteiger charge is -2.29. The van der Waals surface area contributed by atoms with Gasteiger partial charge >= 0.3 is 0 Å². The van der Waals surface area contributed by atoms with Crippen LogP contribution in [0.4, 0.5) is 0 Å². The second-order valence-corrected chi connectivity index (χ2v) is 4.58. The Labute approximate surface area is 101 Å². The Bertz CT molecular complexity index is 389. The van der Waals surface area contributed by atoms with Crippen LogP contribution in [0.5, 0.6) is 0 Å². The van der Waals surface area contributed by atoms with E-state index in [1.807, 2.05) is 6.07 Å². The Hall–Kier alpha value is -1.36. The van der Waals surface area contributed by atoms with Crippen LogP contribution in [0.2, 0.25) is 0 Å². The Balaban J connectivity index is 2.02. The van der Waals surface area contributed by atoms with E-state index < -0.39 is 0 Å². The second-order valence-electron chi connectivity index (χ2n) is 4.58. The molecule has 1 aliphatic heterocycles. The number of likely N-dealkylation sites (tertiary alicyclic amines) is 1. The fourth-order valence-corrected chi connectivity index (χ4v) is 2.17. The summed E-state index contributed by atoms with van der Waals surface area (Å²) in [6, 6.07) is 1.81. The number of H-pyrrole nitrogens is 1. The normalized spacial score (nSPS) is 20.6. The average molecular weight is 237 g/mol. The molecule has 0 saturated carbocycles. The molecule has 1 unspecified atom stereocenters. The van der Waals surface area contributed by atoms with Gasteiger partial charge in [0.25, 0.3) is 5.91 Å². The van der Waals surface area contributed by atoms with Crippen molar-refractivity contribution in [1.82, 2.24) is 15.1 Å². The first kappa shape index (κ1) is 12.1. The minimum absolute atomic E-state index is 0.0812. The van der Waals surface area contributed by atoms with E-state index in [1.54, 1.807) is 4.90 Å². The van der Waals surface area contributed by atoms with E-state index in [0.717, 1.165) is 31.4 Å². The van der Waals surface area contributed by atoms with Crippen LogP contribution in [0.3, 0.4) is 0 Å². The standard InChI is InChI=1S/C12H19N3O2/c1-2-4-9-7-11(14-13-9)12(17)15-6-3-5-10(16)8-15/h7,10,16H,2-6,8H2,1H3,(H,13,14). The Morgan fingerprint density at radius 3 is 3.24 bits per heavy atom. The molecule has 1 aromatic heterocycles. The third-order valence-electron chi connectivity index (χ3n) is 3.05. The smallest absolute Gasteiger partial charge is 0.274 e. The van der Waals surface area contributed by atoms with Crippen molar-refractivity contribution in [3.05, 3.63) is 17.5 Å². The molecule has 5 nitrogen and oxygen atoms in total. The number of nitrogens with zero attached hydrogens (tertiary/aromatic N) is 2. The maximum absolute atomic E-state index is 12.1. The molecule has 2 heterocycles. The number of aromatic amines is 1. The molecular weight excluding hydrogens is 218 g/mol. The largest absolute Gasteiger partial charge is 0.391 e. The lowest BCUT2D eigenvalue weighted by atomic mass is 10.1. The van der Waals surface area contributed by atoms with Gasteiger partial charge in [-0.25, -0.2) is 0 Å². The first-order valence-corrected chi connectivity index (χ1v) is 6.22. The van der Waals surface area contributed by atoms with E-state index in [1.165, 1.54) is 0 Å². The molecule has 0 bridgehead atoms. The number of aromatic nitrogens is 2. The summed E-state index contributed by atoms with van der Waals surface area (Å²) >= 11 is 0. The van der Waals surface area contributed by atoms with Crippen LogP contribution in [0, 0.1) is 0 Å². The van der Waals surface area contributed by atoms with Crippen molar-refractivity contribution in [3.63, 3.8) is 0 Å². The lowest BCUT2D eigenvalue weighted by molar-refractivity contribution is 0.0469. The average Bonchev–Trinajstić information content (AvgIpc) is 2.77. The number of β-amino-alcohol motifs (C(OH)–C–C–N with tert-alkyl or cyclic N) is 1. The molecule has 0 radical (unpaired) electrons. The molecule has 5 heteroatoms. The van der Waals surface area contributed by atoms with Gasteiger partial charge in [-0.2, -0.15) is 5.10 Å². The van der Waals surface area contributed by atoms with Crippen molar-refractivity contribution in [1.29, 1.82) is 0 Å². The second kappa shape index (κ2) is 5.31. The zero-order valence-corrected chi connectivity index (χ0v) is 10.1. The number of hydrogen-bond acceptors (Lipinski definition) is 3. The highest BCUT2D eigenvalue weighted by atomic mass is 16.3. The Morgan fingerprint density at radius 2 is 2.53 bits per heavy atom. The first-order valence-electron chi connectivity index (χ1n) is 6.22. The number of nitrogens with one attached hydrogen (secondary N) is 1. The summed E-state index contributed by atoms with van der Waals surface area (Å²) in [4.78, 5) is 13.8. The maximum atomic E-state index is 12.1. The molecule has 1 aliphatic rings. The van der Waals surface area contributed by atoms with Crippen LogP contribution in [-0.2, 0) is 6.42 Å². The predicted octanol–water partition coefficient (Wildman–Crippen LogP) is 0.959. The van der Waals surface area contributed by atoms with E-state index in [0.29, 0.717) is 18.8 Å². The minimum atomic E-state index is -0.387. The molecule has 94 valence electrons. The molecule has 0 spiro atoms. The molecule has 2 rings (SSSR count). The van der Waals surface area contributed by atoms with Crippen molar-refractivity contribution >= 4 is 5.91 Å². The molecule has 0 aliphatic carbocycles. The Kier molecular flexibility index (Phi) is 3.78. The number of aliphatic hydroxyl groups excluding tert-OH is 1. The number of piperidine rings is 1. The number of hydrogen-bond donors (Lipinski definition) is 2. The van der Waals surface area contributed by atoms with Crippen molar-refractivity contribution < 1.29 is 9.90 Å². The lowest BCUT2D eigenvalue weighted by Crippen LogP contribution is -2.42. The zero-order chi connectivity index (χ0) is 12.3. The highest BCUT2D eigenvalue weighted by Gasteiger charge is 2.24. The first-order chi connectivity index (χ1) is 8.20. The van der Waals surface area contributed by atoms with E-state index in [2.05, 4.69) is 17.1 Å². The van der Waals surface area contributed by atoms with Gasteiger partial charge in [0.05, 0.1) is 6.10 Å². The number of carbonyl (C=O) groups excluding carboxylic acids is 1. The minimum Gasteiger partial charge on any atom is -0.391 e. The van der Waals surface area contributed by atoms with Crippen LogP contribution >= 0.6 is 0 Å². The molecular formula is C12H19N3O2. The summed E-state index contributed by atoms with van der Waals surface area (Å²) in [6.45, 7) is 3.23. The molecule has 17 heavy (non-hydrogen) atoms. The van der Waals surface area contributed by atoms with Crippen LogP contribution in [-0.4, -0.2) is 45.3 Å². The van der Waals surface area contributed by atoms with Crippen LogP contribution in [0.1, 0.15) is 42.4 Å². The number of amides is 1. The summed E-state index contributed by atoms with van der Waals surface area (Å²) < 4.78 is 0. The van der Waals surface area contributed by atoms with E-state index in [-0.39, 0.29) is 12.0 Å². The summed E-state index contributed by atoms with van der Waals surface area (Å²) in [5, 5.41) is 16.5. The van der Waals surface area contributed by atoms with Gasteiger partial charge < -0.3 is 10.0 Å². The topological polar surface area (TPSA) is 69.2 Å². The maximum Gasteiger partial charge on any atom is 0.274 e. The molecule has 1 saturated heterocycles. The third kappa shape index (κ3) is 2.85. The Morgan fingerprint density at radius 1 is 1.71 bits per heavy atom. The van der Waals surface area contributed by atoms with Crippen molar-refractivity contribution in [2.45, 2.75) is 38.7 Å². The molecule has 1 amide bonds. The molecule has 2 N–H and O–H groups in total. The fourth-order valence-electron chi connectivity index (χ4n) is 2.17. The van der Waals surface area contributed by atoms with Crippen molar-refractivity contribution in [2.24, 2.45) is 0 Å². The van der Waals surface area contributed by atoms with Crippen molar-refractivity contribution in [3.8, 4) is 0 Å². The summed E-state index contributed by atoms with van der Waals surface area (Å²) in [7, 11) is 0. The quantitative estimate of drug-likeness (QED) is 0.822. The van der Waals surface area contributed by atoms with Crippen molar-refractivity contribution in [2.75, 3.05) is 13.1 Å². The third-order valence-corrected chi connectivity index (χ3v) is 3.05. The number of carbonyl (C=O) groups is 1. The van der Waals surface area contributed by atoms with Gasteiger partial charge in [0.2, 0.25) is 0 Å². The SMILES string of the molecule is CCCc1cc(C(=O)N2CCCC(O)C2)n[nH]1. The number of aliphatic hydroxyl groups is 1. The predicted molar refractivity (Wildman–Crippen MR) is 63.7 cm³/mol. The van der Waals surface area contributed by atoms with Gasteiger partial charge in [-0.3, -0.25) is 9.89 Å².